The highest BCUT2D eigenvalue weighted by molar-refractivity contribution is 9.28. The van der Waals surface area contributed by atoms with Gasteiger partial charge >= 0.3 is 0 Å². The Labute approximate surface area is 67.6 Å². The molecule has 0 amide bonds. The average molecular weight is 242 g/mol. The van der Waals surface area contributed by atoms with Crippen LogP contribution in [0.4, 0.5) is 0 Å². The van der Waals surface area contributed by atoms with Crippen molar-refractivity contribution in [2.45, 2.75) is 26.7 Å². The fourth-order valence-corrected chi connectivity index (χ4v) is 1.64. The fraction of sp³-hybridized carbons (Fsp3) is 0.667. The van der Waals surface area contributed by atoms with E-state index >= 15 is 0 Å². The molecule has 0 aliphatic carbocycles. The third-order valence-corrected chi connectivity index (χ3v) is 2.24. The Kier molecular flexibility index (Phi) is 4.97. The predicted octanol–water partition coefficient (Wildman–Crippen LogP) is 3.81. The van der Waals surface area contributed by atoms with Gasteiger partial charge in [-0.25, -0.2) is 0 Å². The van der Waals surface area contributed by atoms with Gasteiger partial charge < -0.3 is 0 Å². The van der Waals surface area contributed by atoms with Gasteiger partial charge in [-0.3, -0.25) is 0 Å². The molecule has 0 rings (SSSR count). The molecular weight excluding hydrogens is 232 g/mol. The van der Waals surface area contributed by atoms with E-state index < -0.39 is 0 Å². The minimum absolute atomic E-state index is 1.12. The Balaban J connectivity index is 3.86. The van der Waals surface area contributed by atoms with E-state index in [2.05, 4.69) is 45.7 Å². The third kappa shape index (κ3) is 2.88. The zero-order valence-electron chi connectivity index (χ0n) is 5.17. The maximum Gasteiger partial charge on any atom is 0.0595 e. The van der Waals surface area contributed by atoms with Crippen LogP contribution in [-0.4, -0.2) is 0 Å². The quantitative estimate of drug-likeness (QED) is 0.690. The van der Waals surface area contributed by atoms with Crippen molar-refractivity contribution in [3.63, 3.8) is 0 Å². The van der Waals surface area contributed by atoms with Gasteiger partial charge in [0.1, 0.15) is 0 Å². The number of hydrogen-bond donors (Lipinski definition) is 0. The third-order valence-electron chi connectivity index (χ3n) is 1.12. The first-order valence-corrected chi connectivity index (χ1v) is 4.34. The van der Waals surface area contributed by atoms with E-state index in [-0.39, 0.29) is 0 Å². The van der Waals surface area contributed by atoms with Crippen LogP contribution in [0.25, 0.3) is 0 Å². The maximum absolute atomic E-state index is 3.36. The first kappa shape index (κ1) is 8.70. The van der Waals surface area contributed by atoms with Crippen LogP contribution < -0.4 is 0 Å². The summed E-state index contributed by atoms with van der Waals surface area (Å²) in [7, 11) is 0. The van der Waals surface area contributed by atoms with E-state index in [0.717, 1.165) is 16.2 Å². The lowest BCUT2D eigenvalue weighted by molar-refractivity contribution is 0.982. The first-order valence-electron chi connectivity index (χ1n) is 2.75. The first-order chi connectivity index (χ1) is 3.72. The number of halogens is 2. The average Bonchev–Trinajstić information content (AvgIpc) is 1.69. The normalized spacial score (nSPS) is 9.00. The van der Waals surface area contributed by atoms with Crippen LogP contribution >= 0.6 is 31.9 Å². The van der Waals surface area contributed by atoms with Crippen LogP contribution in [0.1, 0.15) is 26.7 Å². The van der Waals surface area contributed by atoms with Crippen LogP contribution in [0, 0.1) is 0 Å². The lowest BCUT2D eigenvalue weighted by atomic mass is 10.2. The van der Waals surface area contributed by atoms with Gasteiger partial charge in [0.2, 0.25) is 0 Å². The van der Waals surface area contributed by atoms with E-state index in [9.17, 15) is 0 Å². The van der Waals surface area contributed by atoms with Gasteiger partial charge in [-0.1, -0.05) is 13.8 Å². The standard InChI is InChI=1S/C6H10Br2/c1-3-5(4-2)6(7)8/h3-4H2,1-2H3. The smallest absolute Gasteiger partial charge is 0.0595 e. The topological polar surface area (TPSA) is 0 Å². The molecule has 0 unspecified atom stereocenters. The summed E-state index contributed by atoms with van der Waals surface area (Å²) in [6.07, 6.45) is 2.25. The van der Waals surface area contributed by atoms with Crippen LogP contribution in [-0.2, 0) is 0 Å². The number of allylic oxidation sites excluding steroid dienone is 1. The van der Waals surface area contributed by atoms with Gasteiger partial charge in [-0.15, -0.1) is 0 Å². The lowest BCUT2D eigenvalue weighted by Crippen LogP contribution is -1.75. The second kappa shape index (κ2) is 4.57. The SMILES string of the molecule is CCC(CC)=C(Br)Br. The monoisotopic (exact) mass is 240 g/mol. The molecule has 0 aromatic rings. The Hall–Kier alpha value is 0.700. The summed E-state index contributed by atoms with van der Waals surface area (Å²) in [6.45, 7) is 4.31. The Morgan fingerprint density at radius 2 is 1.50 bits per heavy atom. The summed E-state index contributed by atoms with van der Waals surface area (Å²) < 4.78 is 1.12. The molecule has 0 aromatic heterocycles. The van der Waals surface area contributed by atoms with Gasteiger partial charge in [-0.05, 0) is 50.3 Å². The van der Waals surface area contributed by atoms with E-state index in [1.807, 2.05) is 0 Å². The molecule has 8 heavy (non-hydrogen) atoms. The van der Waals surface area contributed by atoms with E-state index in [4.69, 9.17) is 0 Å². The van der Waals surface area contributed by atoms with Crippen molar-refractivity contribution >= 4 is 31.9 Å². The van der Waals surface area contributed by atoms with Crippen LogP contribution in [0.15, 0.2) is 8.96 Å². The summed E-state index contributed by atoms with van der Waals surface area (Å²) in [6, 6.07) is 0. The van der Waals surface area contributed by atoms with Crippen molar-refractivity contribution in [3.8, 4) is 0 Å². The van der Waals surface area contributed by atoms with Gasteiger partial charge in [-0.2, -0.15) is 0 Å². The molecule has 0 aromatic carbocycles. The number of hydrogen-bond acceptors (Lipinski definition) is 0. The van der Waals surface area contributed by atoms with Crippen molar-refractivity contribution in [2.75, 3.05) is 0 Å². The zero-order valence-corrected chi connectivity index (χ0v) is 8.34. The Morgan fingerprint density at radius 3 is 1.50 bits per heavy atom. The molecule has 0 fully saturated rings. The molecule has 0 radical (unpaired) electrons. The largest absolute Gasteiger partial charge is 0.0615 e. The highest BCUT2D eigenvalue weighted by Gasteiger charge is 1.93. The van der Waals surface area contributed by atoms with E-state index in [1.165, 1.54) is 5.57 Å². The molecular formula is C6H10Br2. The van der Waals surface area contributed by atoms with E-state index in [1.54, 1.807) is 0 Å². The zero-order chi connectivity index (χ0) is 6.57. The van der Waals surface area contributed by atoms with Gasteiger partial charge in [0, 0.05) is 0 Å². The molecule has 48 valence electrons. The molecule has 0 aliphatic rings. The number of rotatable bonds is 2. The Morgan fingerprint density at radius 1 is 1.12 bits per heavy atom. The van der Waals surface area contributed by atoms with Gasteiger partial charge in [0.05, 0.1) is 3.39 Å². The summed E-state index contributed by atoms with van der Waals surface area (Å²) in [4.78, 5) is 0. The van der Waals surface area contributed by atoms with Crippen LogP contribution in [0.3, 0.4) is 0 Å². The second-order valence-electron chi connectivity index (χ2n) is 1.57. The summed E-state index contributed by atoms with van der Waals surface area (Å²) in [5.74, 6) is 0. The molecule has 0 heterocycles. The minimum atomic E-state index is 1.12. The second-order valence-corrected chi connectivity index (χ2v) is 4.22. The van der Waals surface area contributed by atoms with Crippen LogP contribution in [0.5, 0.6) is 0 Å². The van der Waals surface area contributed by atoms with Crippen molar-refractivity contribution < 1.29 is 0 Å². The molecule has 0 saturated carbocycles. The summed E-state index contributed by atoms with van der Waals surface area (Å²) in [5, 5.41) is 0. The molecule has 0 aliphatic heterocycles. The van der Waals surface area contributed by atoms with Gasteiger partial charge in [0.25, 0.3) is 0 Å². The predicted molar refractivity (Wildman–Crippen MR) is 45.5 cm³/mol. The fourth-order valence-electron chi connectivity index (χ4n) is 0.517. The molecule has 0 nitrogen and oxygen atoms in total. The molecule has 0 N–H and O–H groups in total. The van der Waals surface area contributed by atoms with Gasteiger partial charge in [0.15, 0.2) is 0 Å². The lowest BCUT2D eigenvalue weighted by Gasteiger charge is -1.97. The highest BCUT2D eigenvalue weighted by Crippen LogP contribution is 2.23. The summed E-state index contributed by atoms with van der Waals surface area (Å²) >= 11 is 6.71. The molecule has 2 heteroatoms. The Bertz CT molecular complexity index is 84.7. The van der Waals surface area contributed by atoms with Crippen molar-refractivity contribution in [3.05, 3.63) is 8.96 Å². The maximum atomic E-state index is 3.36. The molecule has 0 spiro atoms. The molecule has 0 bridgehead atoms. The highest BCUT2D eigenvalue weighted by atomic mass is 79.9. The molecule has 0 saturated heterocycles. The van der Waals surface area contributed by atoms with Crippen molar-refractivity contribution in [1.29, 1.82) is 0 Å². The molecule has 0 atom stereocenters. The summed E-state index contributed by atoms with van der Waals surface area (Å²) in [5.41, 5.74) is 1.44. The minimum Gasteiger partial charge on any atom is -0.0615 e. The van der Waals surface area contributed by atoms with Crippen molar-refractivity contribution in [1.82, 2.24) is 0 Å². The van der Waals surface area contributed by atoms with Crippen LogP contribution in [0.2, 0.25) is 0 Å². The van der Waals surface area contributed by atoms with E-state index in [0.29, 0.717) is 0 Å². The van der Waals surface area contributed by atoms with Crippen molar-refractivity contribution in [2.24, 2.45) is 0 Å².